The molecule has 1 unspecified atom stereocenters. The minimum Gasteiger partial charge on any atom is -0.307 e. The lowest BCUT2D eigenvalue weighted by molar-refractivity contribution is 0.632. The Hall–Kier alpha value is -1.90. The molecule has 3 aromatic rings. The van der Waals surface area contributed by atoms with E-state index in [4.69, 9.17) is 0 Å². The van der Waals surface area contributed by atoms with Crippen LogP contribution in [0.3, 0.4) is 0 Å². The van der Waals surface area contributed by atoms with E-state index in [0.717, 1.165) is 6.54 Å². The molecular weight excluding hydrogens is 274 g/mol. The number of hydrogen-bond donors (Lipinski definition) is 1. The Kier molecular flexibility index (Phi) is 4.49. The quantitative estimate of drug-likeness (QED) is 0.689. The van der Waals surface area contributed by atoms with Gasteiger partial charge in [0.25, 0.3) is 0 Å². The van der Waals surface area contributed by atoms with Crippen molar-refractivity contribution in [2.24, 2.45) is 0 Å². The van der Waals surface area contributed by atoms with Crippen LogP contribution >= 0.6 is 11.3 Å². The van der Waals surface area contributed by atoms with Crippen molar-refractivity contribution in [3.05, 3.63) is 82.6 Å². The SMILES string of the molecule is CCNC(c1ccc(-c2ccccc2)cc1)c1ccsc1. The standard InChI is InChI=1S/C19H19NS/c1-2-20-19(18-12-13-21-14-18)17-10-8-16(9-11-17)15-6-4-3-5-7-15/h3-14,19-20H,2H2,1H3. The smallest absolute Gasteiger partial charge is 0.0584 e. The van der Waals surface area contributed by atoms with Crippen molar-refractivity contribution < 1.29 is 0 Å². The van der Waals surface area contributed by atoms with Crippen LogP contribution in [0.15, 0.2) is 71.4 Å². The maximum Gasteiger partial charge on any atom is 0.0584 e. The predicted octanol–water partition coefficient (Wildman–Crippen LogP) is 5.11. The van der Waals surface area contributed by atoms with Crippen LogP contribution in [0.1, 0.15) is 24.1 Å². The Morgan fingerprint density at radius 3 is 2.19 bits per heavy atom. The molecule has 2 heteroatoms. The maximum atomic E-state index is 3.57. The van der Waals surface area contributed by atoms with E-state index in [0.29, 0.717) is 0 Å². The van der Waals surface area contributed by atoms with Gasteiger partial charge in [0.1, 0.15) is 0 Å². The summed E-state index contributed by atoms with van der Waals surface area (Å²) in [4.78, 5) is 0. The summed E-state index contributed by atoms with van der Waals surface area (Å²) < 4.78 is 0. The van der Waals surface area contributed by atoms with E-state index >= 15 is 0 Å². The zero-order valence-corrected chi connectivity index (χ0v) is 12.9. The minimum atomic E-state index is 0.283. The Morgan fingerprint density at radius 2 is 1.57 bits per heavy atom. The van der Waals surface area contributed by atoms with E-state index in [9.17, 15) is 0 Å². The largest absolute Gasteiger partial charge is 0.307 e. The van der Waals surface area contributed by atoms with Crippen molar-refractivity contribution in [2.75, 3.05) is 6.54 Å². The summed E-state index contributed by atoms with van der Waals surface area (Å²) in [7, 11) is 0. The average molecular weight is 293 g/mol. The van der Waals surface area contributed by atoms with E-state index in [-0.39, 0.29) is 6.04 Å². The molecular formula is C19H19NS. The van der Waals surface area contributed by atoms with Crippen molar-refractivity contribution in [3.8, 4) is 11.1 Å². The number of benzene rings is 2. The van der Waals surface area contributed by atoms with Gasteiger partial charge >= 0.3 is 0 Å². The van der Waals surface area contributed by atoms with Gasteiger partial charge in [0.05, 0.1) is 6.04 Å². The lowest BCUT2D eigenvalue weighted by Crippen LogP contribution is -2.21. The van der Waals surface area contributed by atoms with Crippen LogP contribution in [0.2, 0.25) is 0 Å². The first-order chi connectivity index (χ1) is 10.4. The molecule has 3 rings (SSSR count). The van der Waals surface area contributed by atoms with Crippen molar-refractivity contribution in [1.29, 1.82) is 0 Å². The number of nitrogens with one attached hydrogen (secondary N) is 1. The van der Waals surface area contributed by atoms with Gasteiger partial charge in [-0.15, -0.1) is 0 Å². The van der Waals surface area contributed by atoms with Crippen molar-refractivity contribution in [2.45, 2.75) is 13.0 Å². The molecule has 0 radical (unpaired) electrons. The zero-order valence-electron chi connectivity index (χ0n) is 12.1. The highest BCUT2D eigenvalue weighted by molar-refractivity contribution is 7.08. The van der Waals surface area contributed by atoms with Gasteiger partial charge in [0.2, 0.25) is 0 Å². The molecule has 106 valence electrons. The predicted molar refractivity (Wildman–Crippen MR) is 91.7 cm³/mol. The van der Waals surface area contributed by atoms with E-state index in [1.165, 1.54) is 22.3 Å². The fourth-order valence-corrected chi connectivity index (χ4v) is 3.26. The molecule has 0 aliphatic carbocycles. The molecule has 2 aromatic carbocycles. The normalized spacial score (nSPS) is 12.2. The summed E-state index contributed by atoms with van der Waals surface area (Å²) in [6, 6.07) is 21.9. The Balaban J connectivity index is 1.89. The first-order valence-electron chi connectivity index (χ1n) is 7.29. The maximum absolute atomic E-state index is 3.57. The van der Waals surface area contributed by atoms with Crippen molar-refractivity contribution >= 4 is 11.3 Å². The van der Waals surface area contributed by atoms with Gasteiger partial charge in [-0.3, -0.25) is 0 Å². The molecule has 1 nitrogen and oxygen atoms in total. The molecule has 0 aliphatic rings. The molecule has 0 bridgehead atoms. The Morgan fingerprint density at radius 1 is 0.857 bits per heavy atom. The molecule has 0 aliphatic heterocycles. The zero-order chi connectivity index (χ0) is 14.5. The lowest BCUT2D eigenvalue weighted by Gasteiger charge is -2.18. The van der Waals surface area contributed by atoms with Crippen LogP contribution in [0, 0.1) is 0 Å². The first-order valence-corrected chi connectivity index (χ1v) is 8.23. The fraction of sp³-hybridized carbons (Fsp3) is 0.158. The summed E-state index contributed by atoms with van der Waals surface area (Å²) >= 11 is 1.75. The fourth-order valence-electron chi connectivity index (χ4n) is 2.57. The minimum absolute atomic E-state index is 0.283. The second kappa shape index (κ2) is 6.70. The van der Waals surface area contributed by atoms with E-state index in [2.05, 4.69) is 83.7 Å². The second-order valence-corrected chi connectivity index (χ2v) is 5.82. The summed E-state index contributed by atoms with van der Waals surface area (Å²) in [5.41, 5.74) is 5.18. The number of rotatable bonds is 5. The highest BCUT2D eigenvalue weighted by Crippen LogP contribution is 2.26. The molecule has 21 heavy (non-hydrogen) atoms. The van der Waals surface area contributed by atoms with Crippen LogP contribution in [-0.4, -0.2) is 6.54 Å². The van der Waals surface area contributed by atoms with Crippen LogP contribution < -0.4 is 5.32 Å². The monoisotopic (exact) mass is 293 g/mol. The lowest BCUT2D eigenvalue weighted by atomic mass is 9.98. The molecule has 1 atom stereocenters. The molecule has 1 heterocycles. The molecule has 0 amide bonds. The summed E-state index contributed by atoms with van der Waals surface area (Å²) in [6.07, 6.45) is 0. The van der Waals surface area contributed by atoms with E-state index in [1.807, 2.05) is 0 Å². The summed E-state index contributed by atoms with van der Waals surface area (Å²) in [5, 5.41) is 7.92. The van der Waals surface area contributed by atoms with Crippen LogP contribution in [0.5, 0.6) is 0 Å². The average Bonchev–Trinajstić information content (AvgIpc) is 3.08. The summed E-state index contributed by atoms with van der Waals surface area (Å²) in [5.74, 6) is 0. The number of hydrogen-bond acceptors (Lipinski definition) is 2. The molecule has 1 N–H and O–H groups in total. The molecule has 0 saturated carbocycles. The first kappa shape index (κ1) is 14.1. The molecule has 0 spiro atoms. The molecule has 0 fully saturated rings. The third-order valence-electron chi connectivity index (χ3n) is 3.64. The molecule has 0 saturated heterocycles. The van der Waals surface area contributed by atoms with Crippen LogP contribution in [-0.2, 0) is 0 Å². The van der Waals surface area contributed by atoms with Gasteiger partial charge < -0.3 is 5.32 Å². The van der Waals surface area contributed by atoms with Crippen molar-refractivity contribution in [1.82, 2.24) is 5.32 Å². The van der Waals surface area contributed by atoms with Crippen LogP contribution in [0.4, 0.5) is 0 Å². The Bertz CT molecular complexity index is 657. The third kappa shape index (κ3) is 3.23. The molecule has 1 aromatic heterocycles. The van der Waals surface area contributed by atoms with E-state index in [1.54, 1.807) is 11.3 Å². The van der Waals surface area contributed by atoms with Crippen LogP contribution in [0.25, 0.3) is 11.1 Å². The van der Waals surface area contributed by atoms with Gasteiger partial charge in [0.15, 0.2) is 0 Å². The van der Waals surface area contributed by atoms with E-state index < -0.39 is 0 Å². The highest BCUT2D eigenvalue weighted by Gasteiger charge is 2.13. The van der Waals surface area contributed by atoms with Gasteiger partial charge in [-0.1, -0.05) is 61.5 Å². The topological polar surface area (TPSA) is 12.0 Å². The number of thiophene rings is 1. The Labute approximate surface area is 130 Å². The van der Waals surface area contributed by atoms with Crippen molar-refractivity contribution in [3.63, 3.8) is 0 Å². The third-order valence-corrected chi connectivity index (χ3v) is 4.34. The van der Waals surface area contributed by atoms with Gasteiger partial charge in [-0.25, -0.2) is 0 Å². The highest BCUT2D eigenvalue weighted by atomic mass is 32.1. The van der Waals surface area contributed by atoms with Gasteiger partial charge in [-0.05, 0) is 45.6 Å². The summed E-state index contributed by atoms with van der Waals surface area (Å²) in [6.45, 7) is 3.11. The second-order valence-electron chi connectivity index (χ2n) is 5.04. The van der Waals surface area contributed by atoms with Gasteiger partial charge in [-0.2, -0.15) is 11.3 Å². The van der Waals surface area contributed by atoms with Gasteiger partial charge in [0, 0.05) is 0 Å².